The van der Waals surface area contributed by atoms with Gasteiger partial charge in [0.2, 0.25) is 10.0 Å². The third-order valence-corrected chi connectivity index (χ3v) is 5.57. The molecule has 2 N–H and O–H groups in total. The van der Waals surface area contributed by atoms with Crippen LogP contribution in [0.2, 0.25) is 0 Å². The summed E-state index contributed by atoms with van der Waals surface area (Å²) in [6.45, 7) is 6.71. The molecule has 114 valence electrons. The second-order valence-electron chi connectivity index (χ2n) is 4.82. The number of hydrogen-bond acceptors (Lipinski definition) is 3. The minimum atomic E-state index is -3.67. The smallest absolute Gasteiger partial charge is 0.245 e. The van der Waals surface area contributed by atoms with E-state index >= 15 is 0 Å². The van der Waals surface area contributed by atoms with E-state index in [9.17, 15) is 12.8 Å². The Hall–Kier alpha value is -1.14. The normalized spacial score (nSPS) is 12.3. The highest BCUT2D eigenvalue weighted by molar-refractivity contribution is 7.89. The fourth-order valence-corrected chi connectivity index (χ4v) is 3.75. The highest BCUT2D eigenvalue weighted by Crippen LogP contribution is 2.24. The van der Waals surface area contributed by atoms with Crippen molar-refractivity contribution in [3.63, 3.8) is 0 Å². The van der Waals surface area contributed by atoms with Gasteiger partial charge in [-0.25, -0.2) is 12.8 Å². The van der Waals surface area contributed by atoms with E-state index in [0.29, 0.717) is 19.0 Å². The molecule has 0 heterocycles. The molecule has 0 atom stereocenters. The van der Waals surface area contributed by atoms with Crippen LogP contribution in [0, 0.1) is 11.7 Å². The number of benzene rings is 1. The van der Waals surface area contributed by atoms with Crippen LogP contribution in [0.4, 0.5) is 10.1 Å². The Morgan fingerprint density at radius 2 is 1.85 bits per heavy atom. The molecule has 1 aromatic rings. The second kappa shape index (κ2) is 7.04. The molecule has 0 bridgehead atoms. The highest BCUT2D eigenvalue weighted by Gasteiger charge is 2.27. The van der Waals surface area contributed by atoms with E-state index in [1.54, 1.807) is 6.92 Å². The summed E-state index contributed by atoms with van der Waals surface area (Å²) in [7, 11) is -3.67. The van der Waals surface area contributed by atoms with Crippen molar-refractivity contribution in [2.24, 2.45) is 5.92 Å². The lowest BCUT2D eigenvalue weighted by atomic mass is 10.0. The van der Waals surface area contributed by atoms with E-state index in [2.05, 4.69) is 0 Å². The largest absolute Gasteiger partial charge is 0.398 e. The van der Waals surface area contributed by atoms with E-state index in [1.165, 1.54) is 10.4 Å². The third-order valence-electron chi connectivity index (χ3n) is 3.56. The molecule has 0 unspecified atom stereocenters. The Morgan fingerprint density at radius 1 is 1.25 bits per heavy atom. The topological polar surface area (TPSA) is 63.4 Å². The van der Waals surface area contributed by atoms with E-state index in [-0.39, 0.29) is 10.6 Å². The molecule has 0 saturated carbocycles. The lowest BCUT2D eigenvalue weighted by molar-refractivity contribution is 0.339. The van der Waals surface area contributed by atoms with Crippen LogP contribution in [0.15, 0.2) is 23.1 Å². The molecule has 0 aliphatic heterocycles. The molecule has 1 rings (SSSR count). The minimum Gasteiger partial charge on any atom is -0.398 e. The lowest BCUT2D eigenvalue weighted by Gasteiger charge is -2.25. The van der Waals surface area contributed by atoms with E-state index < -0.39 is 15.8 Å². The van der Waals surface area contributed by atoms with Crippen LogP contribution < -0.4 is 5.73 Å². The Kier molecular flexibility index (Phi) is 5.95. The summed E-state index contributed by atoms with van der Waals surface area (Å²) < 4.78 is 39.6. The molecule has 0 spiro atoms. The molecule has 4 nitrogen and oxygen atoms in total. The molecular formula is C14H23FN2O2S. The van der Waals surface area contributed by atoms with Crippen LogP contribution in [-0.4, -0.2) is 25.8 Å². The quantitative estimate of drug-likeness (QED) is 0.788. The Balaban J connectivity index is 3.11. The van der Waals surface area contributed by atoms with Crippen LogP contribution in [-0.2, 0) is 10.0 Å². The maximum atomic E-state index is 13.0. The Bertz CT molecular complexity index is 542. The predicted molar refractivity (Wildman–Crippen MR) is 79.3 cm³/mol. The second-order valence-corrected chi connectivity index (χ2v) is 6.73. The van der Waals surface area contributed by atoms with Crippen molar-refractivity contribution in [2.75, 3.05) is 18.8 Å². The van der Waals surface area contributed by atoms with Crippen LogP contribution in [0.3, 0.4) is 0 Å². The average molecular weight is 302 g/mol. The van der Waals surface area contributed by atoms with Gasteiger partial charge in [-0.15, -0.1) is 0 Å². The van der Waals surface area contributed by atoms with E-state index in [0.717, 1.165) is 25.0 Å². The molecule has 0 amide bonds. The summed E-state index contributed by atoms with van der Waals surface area (Å²) in [4.78, 5) is -0.0216. The van der Waals surface area contributed by atoms with Crippen molar-refractivity contribution < 1.29 is 12.8 Å². The van der Waals surface area contributed by atoms with Gasteiger partial charge in [0, 0.05) is 13.1 Å². The molecule has 0 fully saturated rings. The van der Waals surface area contributed by atoms with Gasteiger partial charge >= 0.3 is 0 Å². The number of nitrogen functional groups attached to an aromatic ring is 1. The summed E-state index contributed by atoms with van der Waals surface area (Å²) in [5.41, 5.74) is 5.60. The zero-order valence-electron chi connectivity index (χ0n) is 12.3. The van der Waals surface area contributed by atoms with Gasteiger partial charge in [0.05, 0.1) is 5.69 Å². The summed E-state index contributed by atoms with van der Waals surface area (Å²) in [5, 5.41) is 0. The number of anilines is 1. The molecule has 0 saturated heterocycles. The van der Waals surface area contributed by atoms with Gasteiger partial charge in [-0.3, -0.25) is 0 Å². The number of rotatable bonds is 7. The van der Waals surface area contributed by atoms with Crippen LogP contribution in [0.5, 0.6) is 0 Å². The first-order valence-corrected chi connectivity index (χ1v) is 8.35. The van der Waals surface area contributed by atoms with Gasteiger partial charge in [0.1, 0.15) is 10.7 Å². The van der Waals surface area contributed by atoms with E-state index in [4.69, 9.17) is 5.73 Å². The van der Waals surface area contributed by atoms with E-state index in [1.807, 2.05) is 13.8 Å². The Morgan fingerprint density at radius 3 is 2.30 bits per heavy atom. The van der Waals surface area contributed by atoms with Crippen molar-refractivity contribution in [2.45, 2.75) is 38.5 Å². The lowest BCUT2D eigenvalue weighted by Crippen LogP contribution is -2.35. The maximum absolute atomic E-state index is 13.0. The zero-order chi connectivity index (χ0) is 15.3. The fraction of sp³-hybridized carbons (Fsp3) is 0.571. The van der Waals surface area contributed by atoms with Crippen molar-refractivity contribution in [1.82, 2.24) is 4.31 Å². The molecule has 1 aromatic carbocycles. The maximum Gasteiger partial charge on any atom is 0.245 e. The van der Waals surface area contributed by atoms with Gasteiger partial charge in [-0.2, -0.15) is 4.31 Å². The summed E-state index contributed by atoms with van der Waals surface area (Å²) >= 11 is 0. The van der Waals surface area contributed by atoms with Gasteiger partial charge in [0.15, 0.2) is 0 Å². The minimum absolute atomic E-state index is 0.0216. The highest BCUT2D eigenvalue weighted by atomic mass is 32.2. The van der Waals surface area contributed by atoms with Crippen molar-refractivity contribution >= 4 is 15.7 Å². The molecule has 20 heavy (non-hydrogen) atoms. The standard InChI is InChI=1S/C14H23FN2O2S/c1-4-11(5-2)10-17(6-3)20(18,19)14-8-7-12(15)9-13(14)16/h7-9,11H,4-6,10,16H2,1-3H3. The summed E-state index contributed by atoms with van der Waals surface area (Å²) in [6.07, 6.45) is 1.84. The van der Waals surface area contributed by atoms with Gasteiger partial charge in [0.25, 0.3) is 0 Å². The predicted octanol–water partition coefficient (Wildman–Crippen LogP) is 2.85. The van der Waals surface area contributed by atoms with Gasteiger partial charge < -0.3 is 5.73 Å². The monoisotopic (exact) mass is 302 g/mol. The molecule has 0 aliphatic carbocycles. The number of sulfonamides is 1. The Labute approximate surface area is 120 Å². The van der Waals surface area contributed by atoms with Crippen LogP contribution in [0.25, 0.3) is 0 Å². The van der Waals surface area contributed by atoms with Gasteiger partial charge in [-0.1, -0.05) is 33.6 Å². The molecule has 0 aromatic heterocycles. The number of nitrogens with zero attached hydrogens (tertiary/aromatic N) is 1. The first kappa shape index (κ1) is 16.9. The van der Waals surface area contributed by atoms with Crippen molar-refractivity contribution in [1.29, 1.82) is 0 Å². The van der Waals surface area contributed by atoms with Crippen molar-refractivity contribution in [3.8, 4) is 0 Å². The zero-order valence-corrected chi connectivity index (χ0v) is 13.1. The first-order chi connectivity index (χ1) is 9.36. The SMILES string of the molecule is CCC(CC)CN(CC)S(=O)(=O)c1ccc(F)cc1N. The van der Waals surface area contributed by atoms with Crippen LogP contribution >= 0.6 is 0 Å². The number of nitrogens with two attached hydrogens (primary N) is 1. The van der Waals surface area contributed by atoms with Gasteiger partial charge in [-0.05, 0) is 24.1 Å². The first-order valence-electron chi connectivity index (χ1n) is 6.91. The third kappa shape index (κ3) is 3.70. The molecular weight excluding hydrogens is 279 g/mol. The average Bonchev–Trinajstić information content (AvgIpc) is 2.39. The summed E-state index contributed by atoms with van der Waals surface area (Å²) in [6, 6.07) is 3.39. The van der Waals surface area contributed by atoms with Crippen LogP contribution in [0.1, 0.15) is 33.6 Å². The van der Waals surface area contributed by atoms with Crippen molar-refractivity contribution in [3.05, 3.63) is 24.0 Å². The molecule has 0 radical (unpaired) electrons. The fourth-order valence-electron chi connectivity index (χ4n) is 2.13. The molecule has 6 heteroatoms. The number of halogens is 1. The molecule has 0 aliphatic rings. The summed E-state index contributed by atoms with van der Waals surface area (Å²) in [5.74, 6) is -0.226. The number of hydrogen-bond donors (Lipinski definition) is 1.